The lowest BCUT2D eigenvalue weighted by molar-refractivity contribution is -0.125. The Kier molecular flexibility index (Phi) is 0.468. The molecule has 0 N–H and O–H groups in total. The van der Waals surface area contributed by atoms with Crippen LogP contribution in [-0.4, -0.2) is 5.78 Å². The molecular weight excluding hydrogens is 138 g/mol. The van der Waals surface area contributed by atoms with Crippen LogP contribution in [0.15, 0.2) is 0 Å². The molecule has 0 aromatic heterocycles. The Balaban J connectivity index is 1.80. The zero-order valence-electron chi connectivity index (χ0n) is 5.90. The number of nitrogens with zero attached hydrogens (tertiary/aromatic N) is 1. The lowest BCUT2D eigenvalue weighted by atomic mass is 9.87. The zero-order valence-corrected chi connectivity index (χ0v) is 5.90. The molecule has 0 spiro atoms. The van der Waals surface area contributed by atoms with Gasteiger partial charge in [0.15, 0.2) is 0 Å². The van der Waals surface area contributed by atoms with Gasteiger partial charge in [-0.25, -0.2) is 0 Å². The molecule has 2 bridgehead atoms. The third-order valence-electron chi connectivity index (χ3n) is 4.21. The largest absolute Gasteiger partial charge is 0.299 e. The number of carbonyl (C=O) groups is 1. The Morgan fingerprint density at radius 1 is 1.09 bits per heavy atom. The molecule has 0 saturated heterocycles. The smallest absolute Gasteiger partial charge is 0.141 e. The summed E-state index contributed by atoms with van der Waals surface area (Å²) in [7, 11) is 0. The average molecular weight is 145 g/mol. The van der Waals surface area contributed by atoms with E-state index in [4.69, 9.17) is 5.26 Å². The van der Waals surface area contributed by atoms with E-state index in [1.165, 1.54) is 0 Å². The molecule has 11 heavy (non-hydrogen) atoms. The lowest BCUT2D eigenvalue weighted by Gasteiger charge is -2.15. The van der Waals surface area contributed by atoms with Crippen LogP contribution in [0.2, 0.25) is 0 Å². The van der Waals surface area contributed by atoms with Crippen LogP contribution in [0.4, 0.5) is 0 Å². The molecule has 5 rings (SSSR count). The highest BCUT2D eigenvalue weighted by Gasteiger charge is 2.88. The van der Waals surface area contributed by atoms with Gasteiger partial charge in [-0.1, -0.05) is 0 Å². The number of hydrogen-bond donors (Lipinski definition) is 0. The van der Waals surface area contributed by atoms with Crippen molar-refractivity contribution in [2.24, 2.45) is 41.4 Å². The molecule has 2 heteroatoms. The molecule has 0 aromatic rings. The van der Waals surface area contributed by atoms with E-state index in [9.17, 15) is 4.79 Å². The first-order chi connectivity index (χ1) is 5.36. The monoisotopic (exact) mass is 145 g/mol. The third-order valence-corrected chi connectivity index (χ3v) is 4.21. The van der Waals surface area contributed by atoms with E-state index >= 15 is 0 Å². The second-order valence-corrected chi connectivity index (χ2v) is 4.42. The third kappa shape index (κ3) is 0.306. The molecule has 5 aliphatic rings. The summed E-state index contributed by atoms with van der Waals surface area (Å²) in [6.07, 6.45) is 0. The van der Waals surface area contributed by atoms with Crippen molar-refractivity contribution < 1.29 is 4.79 Å². The Morgan fingerprint density at radius 3 is 2.45 bits per heavy atom. The lowest BCUT2D eigenvalue weighted by Crippen LogP contribution is -2.22. The summed E-state index contributed by atoms with van der Waals surface area (Å²) in [6.45, 7) is 0. The zero-order chi connectivity index (χ0) is 7.33. The topological polar surface area (TPSA) is 40.9 Å². The van der Waals surface area contributed by atoms with Gasteiger partial charge < -0.3 is 0 Å². The van der Waals surface area contributed by atoms with Gasteiger partial charge in [0.25, 0.3) is 0 Å². The summed E-state index contributed by atoms with van der Waals surface area (Å²) in [5.74, 6) is 4.10. The van der Waals surface area contributed by atoms with Gasteiger partial charge >= 0.3 is 0 Å². The molecule has 2 nitrogen and oxygen atoms in total. The van der Waals surface area contributed by atoms with Gasteiger partial charge in [0.1, 0.15) is 5.78 Å². The summed E-state index contributed by atoms with van der Waals surface area (Å²) in [5, 5.41) is 8.70. The first-order valence-electron chi connectivity index (χ1n) is 4.29. The van der Waals surface area contributed by atoms with Crippen molar-refractivity contribution in [3.05, 3.63) is 0 Å². The molecule has 0 aliphatic heterocycles. The van der Waals surface area contributed by atoms with E-state index < -0.39 is 0 Å². The Morgan fingerprint density at radius 2 is 1.82 bits per heavy atom. The van der Waals surface area contributed by atoms with Crippen molar-refractivity contribution in [3.8, 4) is 6.07 Å². The number of nitriles is 1. The minimum Gasteiger partial charge on any atom is -0.299 e. The molecule has 0 aromatic carbocycles. The fourth-order valence-electron chi connectivity index (χ4n) is 3.54. The second-order valence-electron chi connectivity index (χ2n) is 4.42. The molecule has 5 aliphatic carbocycles. The van der Waals surface area contributed by atoms with E-state index in [1.807, 2.05) is 0 Å². The SMILES string of the molecule is N#C[C@H]1[C@H]2C(=O)C3[C@@H]4C([C@@H]34)[C@@H]12. The summed E-state index contributed by atoms with van der Waals surface area (Å²) in [6, 6.07) is 2.26. The van der Waals surface area contributed by atoms with Gasteiger partial charge in [0.05, 0.1) is 12.0 Å². The molecule has 0 radical (unpaired) electrons. The second kappa shape index (κ2) is 1.04. The summed E-state index contributed by atoms with van der Waals surface area (Å²) in [4.78, 5) is 11.4. The Bertz CT molecular complexity index is 319. The van der Waals surface area contributed by atoms with E-state index in [-0.39, 0.29) is 11.8 Å². The predicted octanol–water partition coefficient (Wildman–Crippen LogP) is 0.447. The van der Waals surface area contributed by atoms with Crippen LogP contribution in [-0.2, 0) is 4.79 Å². The first kappa shape index (κ1) is 4.92. The normalized spacial score (nSPS) is 72.6. The molecule has 5 atom stereocenters. The number of hydrogen-bond acceptors (Lipinski definition) is 2. The summed E-state index contributed by atoms with van der Waals surface area (Å²) >= 11 is 0. The van der Waals surface area contributed by atoms with Crippen LogP contribution >= 0.6 is 0 Å². The van der Waals surface area contributed by atoms with Crippen LogP contribution < -0.4 is 0 Å². The van der Waals surface area contributed by atoms with Gasteiger partial charge in [-0.15, -0.1) is 0 Å². The fourth-order valence-corrected chi connectivity index (χ4v) is 3.54. The summed E-state index contributed by atoms with van der Waals surface area (Å²) < 4.78 is 0. The van der Waals surface area contributed by atoms with Crippen LogP contribution in [0.1, 0.15) is 0 Å². The minimum atomic E-state index is 0.132. The molecular formula is C9H7NO. The number of carbonyl (C=O) groups excluding carboxylic acids is 1. The Hall–Kier alpha value is -0.840. The van der Waals surface area contributed by atoms with Crippen LogP contribution in [0.3, 0.4) is 0 Å². The van der Waals surface area contributed by atoms with E-state index in [2.05, 4.69) is 6.07 Å². The maximum atomic E-state index is 11.4. The highest BCUT2D eigenvalue weighted by molar-refractivity contribution is 5.94. The van der Waals surface area contributed by atoms with Gasteiger partial charge in [-0.05, 0) is 23.7 Å². The van der Waals surface area contributed by atoms with Crippen LogP contribution in [0.25, 0.3) is 0 Å². The highest BCUT2D eigenvalue weighted by atomic mass is 16.1. The fraction of sp³-hybridized carbons (Fsp3) is 0.778. The molecule has 0 unspecified atom stereocenters. The quantitative estimate of drug-likeness (QED) is 0.496. The molecule has 0 heterocycles. The standard InChI is InChI=1S/C9H7NO/c10-1-2-3-4(2)9(11)8-6-5(3)7(6)8/h2-8H/t2-,3+,4-,5?,6-,7-,8?/m1/s1. The van der Waals surface area contributed by atoms with Crippen molar-refractivity contribution >= 4 is 5.78 Å². The van der Waals surface area contributed by atoms with Crippen molar-refractivity contribution in [1.29, 1.82) is 5.26 Å². The van der Waals surface area contributed by atoms with Crippen molar-refractivity contribution in [3.63, 3.8) is 0 Å². The van der Waals surface area contributed by atoms with Gasteiger partial charge in [0.2, 0.25) is 0 Å². The maximum Gasteiger partial charge on any atom is 0.141 e. The molecule has 5 fully saturated rings. The summed E-state index contributed by atoms with van der Waals surface area (Å²) in [5.41, 5.74) is 0. The average Bonchev–Trinajstić information content (AvgIpc) is 2.84. The van der Waals surface area contributed by atoms with Gasteiger partial charge in [0, 0.05) is 11.8 Å². The molecule has 0 amide bonds. The van der Waals surface area contributed by atoms with E-state index in [1.54, 1.807) is 0 Å². The van der Waals surface area contributed by atoms with E-state index in [0.717, 1.165) is 17.8 Å². The van der Waals surface area contributed by atoms with Crippen molar-refractivity contribution in [1.82, 2.24) is 0 Å². The molecule has 54 valence electrons. The number of ketones is 1. The van der Waals surface area contributed by atoms with Gasteiger partial charge in [-0.2, -0.15) is 5.26 Å². The Labute approximate surface area is 64.2 Å². The highest BCUT2D eigenvalue weighted by Crippen LogP contribution is 2.86. The minimum absolute atomic E-state index is 0.132. The van der Waals surface area contributed by atoms with Gasteiger partial charge in [-0.3, -0.25) is 4.79 Å². The predicted molar refractivity (Wildman–Crippen MR) is 35.0 cm³/mol. The van der Waals surface area contributed by atoms with Crippen LogP contribution in [0, 0.1) is 52.8 Å². The first-order valence-corrected chi connectivity index (χ1v) is 4.29. The van der Waals surface area contributed by atoms with Crippen LogP contribution in [0.5, 0.6) is 0 Å². The van der Waals surface area contributed by atoms with Crippen molar-refractivity contribution in [2.45, 2.75) is 0 Å². The molecule has 5 saturated carbocycles. The van der Waals surface area contributed by atoms with E-state index in [0.29, 0.717) is 17.6 Å². The maximum absolute atomic E-state index is 11.4. The number of Topliss-reactive ketones (excluding diaryl/α,β-unsaturated/α-hetero) is 1. The van der Waals surface area contributed by atoms with Crippen molar-refractivity contribution in [2.75, 3.05) is 0 Å². The number of rotatable bonds is 0.